The van der Waals surface area contributed by atoms with Crippen molar-refractivity contribution in [2.45, 2.75) is 43.4 Å². The molecule has 2 aromatic rings. The topological polar surface area (TPSA) is 212 Å². The molecule has 13 nitrogen and oxygen atoms in total. The molecule has 7 N–H and O–H groups in total. The first-order valence-electron chi connectivity index (χ1n) is 10.7. The summed E-state index contributed by atoms with van der Waals surface area (Å²) in [6, 6.07) is 4.95. The molecule has 0 radical (unpaired) electrons. The summed E-state index contributed by atoms with van der Waals surface area (Å²) < 4.78 is 33.2. The van der Waals surface area contributed by atoms with Crippen molar-refractivity contribution in [3.05, 3.63) is 29.0 Å². The van der Waals surface area contributed by atoms with Gasteiger partial charge in [-0.2, -0.15) is 0 Å². The SMILES string of the molecule is O=P(O)(O)CP(=O)(O)OC[C@H]1O[C@@H](c2ccc3c(NCC4CC(O)C4)nc(Cl)nc3c2)[C@H](O)[C@@H]1O. The lowest BCUT2D eigenvalue weighted by molar-refractivity contribution is -0.0186. The Bertz CT molecular complexity index is 1180. The number of halogens is 1. The lowest BCUT2D eigenvalue weighted by Crippen LogP contribution is -2.33. The Morgan fingerprint density at radius 3 is 2.49 bits per heavy atom. The lowest BCUT2D eigenvalue weighted by atomic mass is 9.82. The minimum Gasteiger partial charge on any atom is -0.393 e. The molecule has 4 rings (SSSR count). The predicted molar refractivity (Wildman–Crippen MR) is 124 cm³/mol. The first-order valence-corrected chi connectivity index (χ1v) is 14.7. The molecule has 194 valence electrons. The van der Waals surface area contributed by atoms with Crippen LogP contribution >= 0.6 is 26.8 Å². The molecule has 0 amide bonds. The summed E-state index contributed by atoms with van der Waals surface area (Å²) in [5.41, 5.74) is 0.891. The molecule has 1 aliphatic carbocycles. The second kappa shape index (κ2) is 10.3. The Morgan fingerprint density at radius 1 is 1.11 bits per heavy atom. The average molecular weight is 554 g/mol. The van der Waals surface area contributed by atoms with Gasteiger partial charge in [-0.25, -0.2) is 9.97 Å². The van der Waals surface area contributed by atoms with Crippen molar-refractivity contribution in [1.29, 1.82) is 0 Å². The van der Waals surface area contributed by atoms with Crippen LogP contribution in [0.25, 0.3) is 10.9 Å². The third-order valence-corrected chi connectivity index (χ3v) is 9.58. The zero-order valence-electron chi connectivity index (χ0n) is 18.2. The third-order valence-electron chi connectivity index (χ3n) is 5.96. The Balaban J connectivity index is 1.47. The molecule has 1 aromatic heterocycles. The van der Waals surface area contributed by atoms with Crippen LogP contribution in [0, 0.1) is 5.92 Å². The Labute approximate surface area is 204 Å². The normalized spacial score (nSPS) is 30.7. The predicted octanol–water partition coefficient (Wildman–Crippen LogP) is 0.965. The second-order valence-electron chi connectivity index (χ2n) is 8.81. The van der Waals surface area contributed by atoms with Crippen LogP contribution in [-0.4, -0.2) is 83.4 Å². The second-order valence-corrected chi connectivity index (χ2v) is 13.1. The van der Waals surface area contributed by atoms with Gasteiger partial charge < -0.3 is 44.6 Å². The molecule has 1 saturated carbocycles. The van der Waals surface area contributed by atoms with Gasteiger partial charge in [0.1, 0.15) is 30.2 Å². The molecule has 0 bridgehead atoms. The third kappa shape index (κ3) is 6.57. The number of nitrogens with one attached hydrogen (secondary N) is 1. The largest absolute Gasteiger partial charge is 0.393 e. The van der Waals surface area contributed by atoms with Crippen LogP contribution in [0.4, 0.5) is 5.82 Å². The highest BCUT2D eigenvalue weighted by Gasteiger charge is 2.45. The van der Waals surface area contributed by atoms with E-state index >= 15 is 0 Å². The Morgan fingerprint density at radius 2 is 1.83 bits per heavy atom. The number of anilines is 1. The zero-order chi connectivity index (χ0) is 25.5. The highest BCUT2D eigenvalue weighted by atomic mass is 35.5. The summed E-state index contributed by atoms with van der Waals surface area (Å²) >= 11 is 6.08. The van der Waals surface area contributed by atoms with Crippen molar-refractivity contribution in [2.24, 2.45) is 5.92 Å². The van der Waals surface area contributed by atoms with Crippen LogP contribution < -0.4 is 5.32 Å². The maximum Gasteiger partial charge on any atom is 0.340 e. The fraction of sp³-hybridized carbons (Fsp3) is 0.579. The van der Waals surface area contributed by atoms with Gasteiger partial charge in [-0.05, 0) is 48.1 Å². The van der Waals surface area contributed by atoms with E-state index in [1.807, 2.05) is 0 Å². The number of hydrogen-bond acceptors (Lipinski definition) is 10. The van der Waals surface area contributed by atoms with E-state index in [4.69, 9.17) is 30.6 Å². The van der Waals surface area contributed by atoms with E-state index < -0.39 is 52.1 Å². The van der Waals surface area contributed by atoms with Crippen molar-refractivity contribution >= 4 is 43.5 Å². The van der Waals surface area contributed by atoms with Crippen molar-refractivity contribution in [2.75, 3.05) is 24.4 Å². The highest BCUT2D eigenvalue weighted by Crippen LogP contribution is 2.55. The van der Waals surface area contributed by atoms with E-state index in [0.717, 1.165) is 0 Å². The van der Waals surface area contributed by atoms with E-state index in [-0.39, 0.29) is 11.4 Å². The summed E-state index contributed by atoms with van der Waals surface area (Å²) in [4.78, 5) is 35.8. The molecule has 2 aliphatic rings. The van der Waals surface area contributed by atoms with Gasteiger partial charge in [0.15, 0.2) is 5.90 Å². The Hall–Kier alpha value is -1.21. The Kier molecular flexibility index (Phi) is 7.88. The first kappa shape index (κ1) is 26.8. The molecule has 1 saturated heterocycles. The van der Waals surface area contributed by atoms with E-state index in [1.54, 1.807) is 18.2 Å². The first-order chi connectivity index (χ1) is 16.3. The number of benzene rings is 1. The van der Waals surface area contributed by atoms with Crippen molar-refractivity contribution < 1.29 is 48.4 Å². The summed E-state index contributed by atoms with van der Waals surface area (Å²) in [6.45, 7) is -0.0652. The monoisotopic (exact) mass is 553 g/mol. The zero-order valence-corrected chi connectivity index (χ0v) is 20.8. The van der Waals surface area contributed by atoms with E-state index in [9.17, 15) is 29.3 Å². The van der Waals surface area contributed by atoms with Gasteiger partial charge in [0.25, 0.3) is 0 Å². The quantitative estimate of drug-likeness (QED) is 0.170. The molecule has 1 aliphatic heterocycles. The van der Waals surface area contributed by atoms with Crippen LogP contribution in [0.3, 0.4) is 0 Å². The summed E-state index contributed by atoms with van der Waals surface area (Å²) in [5.74, 6) is -0.542. The minimum atomic E-state index is -4.81. The number of aliphatic hydroxyl groups is 3. The molecule has 2 heterocycles. The van der Waals surface area contributed by atoms with E-state index in [1.165, 1.54) is 0 Å². The van der Waals surface area contributed by atoms with Gasteiger partial charge in [0.2, 0.25) is 5.28 Å². The van der Waals surface area contributed by atoms with Gasteiger partial charge in [-0.1, -0.05) is 6.07 Å². The fourth-order valence-electron chi connectivity index (χ4n) is 4.16. The number of aliphatic hydroxyl groups excluding tert-OH is 3. The average Bonchev–Trinajstić information content (AvgIpc) is 3.00. The summed E-state index contributed by atoms with van der Waals surface area (Å²) in [6.07, 6.45) is -4.02. The van der Waals surface area contributed by atoms with Gasteiger partial charge in [-0.3, -0.25) is 9.13 Å². The van der Waals surface area contributed by atoms with Gasteiger partial charge in [0, 0.05) is 11.9 Å². The van der Waals surface area contributed by atoms with Crippen LogP contribution in [0.1, 0.15) is 24.5 Å². The van der Waals surface area contributed by atoms with Crippen LogP contribution in [0.15, 0.2) is 18.2 Å². The standard InChI is InChI=1S/C19H26ClN3O10P2/c20-19-22-13-5-10(1-2-12(13)18(23-19)21-6-9-3-11(24)4-9)17-16(26)15(25)14(33-17)7-32-35(30,31)8-34(27,28)29/h1-2,5,9,11,14-17,24-26H,3-4,6-8H2,(H,30,31)(H,21,22,23)(H2,27,28,29)/t9?,11?,14-,15-,16-,17+/m1/s1. The molecule has 1 aromatic carbocycles. The van der Waals surface area contributed by atoms with Crippen LogP contribution in [-0.2, 0) is 18.4 Å². The number of fused-ring (bicyclic) bond motifs is 1. The molecule has 5 atom stereocenters. The number of aromatic nitrogens is 2. The molecule has 0 spiro atoms. The lowest BCUT2D eigenvalue weighted by Gasteiger charge is -2.31. The van der Waals surface area contributed by atoms with Gasteiger partial charge >= 0.3 is 15.2 Å². The molecule has 16 heteroatoms. The number of nitrogens with zero attached hydrogens (tertiary/aromatic N) is 2. The minimum absolute atomic E-state index is 0.00579. The molecule has 1 unspecified atom stereocenters. The number of hydrogen-bond donors (Lipinski definition) is 7. The van der Waals surface area contributed by atoms with Gasteiger partial charge in [0.05, 0.1) is 18.2 Å². The van der Waals surface area contributed by atoms with Crippen LogP contribution in [0.2, 0.25) is 5.28 Å². The smallest absolute Gasteiger partial charge is 0.340 e. The fourth-order valence-corrected chi connectivity index (χ4v) is 6.91. The number of rotatable bonds is 9. The summed E-state index contributed by atoms with van der Waals surface area (Å²) in [7, 11) is -9.46. The van der Waals surface area contributed by atoms with Crippen LogP contribution in [0.5, 0.6) is 0 Å². The maximum atomic E-state index is 11.9. The van der Waals surface area contributed by atoms with Crippen molar-refractivity contribution in [1.82, 2.24) is 9.97 Å². The van der Waals surface area contributed by atoms with Crippen molar-refractivity contribution in [3.63, 3.8) is 0 Å². The van der Waals surface area contributed by atoms with E-state index in [0.29, 0.717) is 47.6 Å². The molecular weight excluding hydrogens is 528 g/mol. The maximum absolute atomic E-state index is 11.9. The number of ether oxygens (including phenoxy) is 1. The summed E-state index contributed by atoms with van der Waals surface area (Å²) in [5, 5.41) is 34.2. The molecular formula is C19H26ClN3O10P2. The van der Waals surface area contributed by atoms with Gasteiger partial charge in [-0.15, -0.1) is 0 Å². The van der Waals surface area contributed by atoms with E-state index in [2.05, 4.69) is 15.3 Å². The highest BCUT2D eigenvalue weighted by molar-refractivity contribution is 7.70. The molecule has 2 fully saturated rings. The van der Waals surface area contributed by atoms with Crippen molar-refractivity contribution in [3.8, 4) is 0 Å². The molecule has 35 heavy (non-hydrogen) atoms.